The van der Waals surface area contributed by atoms with Gasteiger partial charge < -0.3 is 15.2 Å². The number of rotatable bonds is 8. The van der Waals surface area contributed by atoms with E-state index in [0.717, 1.165) is 10.7 Å². The third-order valence-electron chi connectivity index (χ3n) is 5.02. The van der Waals surface area contributed by atoms with Crippen LogP contribution in [0.1, 0.15) is 63.9 Å². The van der Waals surface area contributed by atoms with Crippen molar-refractivity contribution in [3.8, 4) is 11.6 Å². The standard InChI is InChI=1S/C23H21F4N3O4/c1-12(13-7-9-14(10-8-13)22(32)33)28-20(31)17-18(19(24)25)29-30(3)21(17)34-16-6-4-5-15(11-16)23(2,26)27/h4-12,19H,1-3H3,(H,28,31)(H,32,33). The molecule has 0 fully saturated rings. The maximum absolute atomic E-state index is 13.7. The number of aryl methyl sites for hydroxylation is 1. The molecule has 1 heterocycles. The zero-order valence-electron chi connectivity index (χ0n) is 18.4. The predicted molar refractivity (Wildman–Crippen MR) is 114 cm³/mol. The molecule has 2 N–H and O–H groups in total. The number of halogens is 4. The molecule has 0 aliphatic rings. The van der Waals surface area contributed by atoms with E-state index in [1.807, 2.05) is 0 Å². The van der Waals surface area contributed by atoms with Crippen molar-refractivity contribution in [2.75, 3.05) is 0 Å². The van der Waals surface area contributed by atoms with Gasteiger partial charge in [0, 0.05) is 19.5 Å². The van der Waals surface area contributed by atoms with E-state index in [9.17, 15) is 27.2 Å². The van der Waals surface area contributed by atoms with Crippen molar-refractivity contribution in [2.45, 2.75) is 32.2 Å². The van der Waals surface area contributed by atoms with Crippen LogP contribution < -0.4 is 10.1 Å². The number of carbonyl (C=O) groups excluding carboxylic acids is 1. The van der Waals surface area contributed by atoms with Gasteiger partial charge in [-0.05, 0) is 36.8 Å². The van der Waals surface area contributed by atoms with Crippen molar-refractivity contribution in [1.82, 2.24) is 15.1 Å². The molecule has 0 aliphatic heterocycles. The van der Waals surface area contributed by atoms with E-state index < -0.39 is 41.5 Å². The molecular formula is C23H21F4N3O4. The molecule has 11 heteroatoms. The van der Waals surface area contributed by atoms with Crippen molar-refractivity contribution in [2.24, 2.45) is 7.05 Å². The third-order valence-corrected chi connectivity index (χ3v) is 5.02. The van der Waals surface area contributed by atoms with Crippen LogP contribution in [0.25, 0.3) is 0 Å². The van der Waals surface area contributed by atoms with Gasteiger partial charge in [-0.2, -0.15) is 5.10 Å². The lowest BCUT2D eigenvalue weighted by atomic mass is 10.1. The second kappa shape index (κ2) is 9.54. The summed E-state index contributed by atoms with van der Waals surface area (Å²) in [7, 11) is 1.28. The van der Waals surface area contributed by atoms with Gasteiger partial charge in [0.2, 0.25) is 5.88 Å². The molecule has 1 atom stereocenters. The molecule has 3 rings (SSSR count). The Morgan fingerprint density at radius 1 is 1.15 bits per heavy atom. The van der Waals surface area contributed by atoms with Gasteiger partial charge in [-0.3, -0.25) is 4.79 Å². The number of carboxylic acid groups (broad SMARTS) is 1. The Morgan fingerprint density at radius 2 is 1.79 bits per heavy atom. The average Bonchev–Trinajstić information content (AvgIpc) is 3.09. The molecule has 0 saturated heterocycles. The molecule has 34 heavy (non-hydrogen) atoms. The molecule has 1 amide bonds. The lowest BCUT2D eigenvalue weighted by Crippen LogP contribution is -2.27. The zero-order chi connectivity index (χ0) is 25.2. The fourth-order valence-electron chi connectivity index (χ4n) is 3.22. The van der Waals surface area contributed by atoms with Crippen LogP contribution in [0.15, 0.2) is 48.5 Å². The molecule has 0 radical (unpaired) electrons. The number of nitrogens with zero attached hydrogens (tertiary/aromatic N) is 2. The predicted octanol–water partition coefficient (Wildman–Crippen LogP) is 5.45. The largest absolute Gasteiger partial charge is 0.478 e. The van der Waals surface area contributed by atoms with Crippen LogP contribution >= 0.6 is 0 Å². The summed E-state index contributed by atoms with van der Waals surface area (Å²) in [5.41, 5.74) is -1.16. The van der Waals surface area contributed by atoms with Crippen molar-refractivity contribution in [1.29, 1.82) is 0 Å². The fraction of sp³-hybridized carbons (Fsp3) is 0.261. The molecule has 1 aromatic heterocycles. The van der Waals surface area contributed by atoms with Gasteiger partial charge in [0.25, 0.3) is 18.3 Å². The minimum Gasteiger partial charge on any atom is -0.478 e. The Hall–Kier alpha value is -3.89. The number of aromatic nitrogens is 2. The Labute approximate surface area is 192 Å². The average molecular weight is 479 g/mol. The summed E-state index contributed by atoms with van der Waals surface area (Å²) in [6.07, 6.45) is -3.11. The number of carbonyl (C=O) groups is 2. The quantitative estimate of drug-likeness (QED) is 0.419. The highest BCUT2D eigenvalue weighted by Crippen LogP contribution is 2.35. The van der Waals surface area contributed by atoms with Crippen LogP contribution in [0.4, 0.5) is 17.6 Å². The number of ether oxygens (including phenoxy) is 1. The maximum Gasteiger partial charge on any atom is 0.335 e. The van der Waals surface area contributed by atoms with Gasteiger partial charge in [0.05, 0.1) is 11.6 Å². The summed E-state index contributed by atoms with van der Waals surface area (Å²) < 4.78 is 61.2. The van der Waals surface area contributed by atoms with Gasteiger partial charge in [0.15, 0.2) is 0 Å². The van der Waals surface area contributed by atoms with E-state index in [-0.39, 0.29) is 22.8 Å². The second-order valence-electron chi connectivity index (χ2n) is 7.63. The van der Waals surface area contributed by atoms with Crippen molar-refractivity contribution < 1.29 is 37.0 Å². The zero-order valence-corrected chi connectivity index (χ0v) is 18.4. The molecule has 3 aromatic rings. The third kappa shape index (κ3) is 5.36. The monoisotopic (exact) mass is 479 g/mol. The fourth-order valence-corrected chi connectivity index (χ4v) is 3.22. The highest BCUT2D eigenvalue weighted by Gasteiger charge is 2.31. The lowest BCUT2D eigenvalue weighted by Gasteiger charge is -2.16. The van der Waals surface area contributed by atoms with E-state index in [0.29, 0.717) is 12.5 Å². The van der Waals surface area contributed by atoms with Gasteiger partial charge in [-0.1, -0.05) is 24.3 Å². The molecule has 0 aliphatic carbocycles. The molecule has 1 unspecified atom stereocenters. The Bertz CT molecular complexity index is 1200. The minimum atomic E-state index is -3.16. The Kier molecular flexibility index (Phi) is 6.94. The van der Waals surface area contributed by atoms with Gasteiger partial charge in [0.1, 0.15) is 17.0 Å². The summed E-state index contributed by atoms with van der Waals surface area (Å²) >= 11 is 0. The van der Waals surface area contributed by atoms with E-state index in [1.54, 1.807) is 6.92 Å². The number of hydrogen-bond donors (Lipinski definition) is 2. The molecule has 180 valence electrons. The number of benzene rings is 2. The molecule has 0 saturated carbocycles. The Balaban J connectivity index is 1.92. The molecule has 2 aromatic carbocycles. The summed E-state index contributed by atoms with van der Waals surface area (Å²) in [6, 6.07) is 9.87. The Morgan fingerprint density at radius 3 is 2.35 bits per heavy atom. The lowest BCUT2D eigenvalue weighted by molar-refractivity contribution is 0.0172. The van der Waals surface area contributed by atoms with Crippen LogP contribution in [0, 0.1) is 0 Å². The number of amides is 1. The van der Waals surface area contributed by atoms with Crippen LogP contribution in [-0.2, 0) is 13.0 Å². The summed E-state index contributed by atoms with van der Waals surface area (Å²) in [6.45, 7) is 2.29. The topological polar surface area (TPSA) is 93.5 Å². The molecule has 7 nitrogen and oxygen atoms in total. The number of nitrogens with one attached hydrogen (secondary N) is 1. The van der Waals surface area contributed by atoms with Crippen molar-refractivity contribution >= 4 is 11.9 Å². The van der Waals surface area contributed by atoms with E-state index in [1.165, 1.54) is 49.5 Å². The number of alkyl halides is 4. The first kappa shape index (κ1) is 24.7. The second-order valence-corrected chi connectivity index (χ2v) is 7.63. The van der Waals surface area contributed by atoms with Crippen LogP contribution in [0.3, 0.4) is 0 Å². The normalized spacial score (nSPS) is 12.5. The smallest absolute Gasteiger partial charge is 0.335 e. The van der Waals surface area contributed by atoms with Gasteiger partial charge in [-0.15, -0.1) is 0 Å². The summed E-state index contributed by atoms with van der Waals surface area (Å²) in [4.78, 5) is 24.0. The molecular weight excluding hydrogens is 458 g/mol. The molecule has 0 spiro atoms. The first-order valence-electron chi connectivity index (χ1n) is 10.0. The van der Waals surface area contributed by atoms with Gasteiger partial charge in [-0.25, -0.2) is 27.0 Å². The first-order chi connectivity index (χ1) is 15.9. The number of aromatic carboxylic acids is 1. The van der Waals surface area contributed by atoms with Crippen LogP contribution in [0.2, 0.25) is 0 Å². The highest BCUT2D eigenvalue weighted by molar-refractivity contribution is 5.98. The van der Waals surface area contributed by atoms with Crippen LogP contribution in [-0.4, -0.2) is 26.8 Å². The van der Waals surface area contributed by atoms with E-state index in [4.69, 9.17) is 9.84 Å². The minimum absolute atomic E-state index is 0.0464. The summed E-state index contributed by atoms with van der Waals surface area (Å²) in [5.74, 6) is -5.64. The SMILES string of the molecule is CC(NC(=O)c1c(C(F)F)nn(C)c1Oc1cccc(C(C)(F)F)c1)c1ccc(C(=O)O)cc1. The first-order valence-corrected chi connectivity index (χ1v) is 10.0. The highest BCUT2D eigenvalue weighted by atomic mass is 19.3. The van der Waals surface area contributed by atoms with Gasteiger partial charge >= 0.3 is 5.97 Å². The van der Waals surface area contributed by atoms with E-state index in [2.05, 4.69) is 10.4 Å². The van der Waals surface area contributed by atoms with E-state index >= 15 is 0 Å². The van der Waals surface area contributed by atoms with Crippen molar-refractivity contribution in [3.05, 3.63) is 76.5 Å². The summed E-state index contributed by atoms with van der Waals surface area (Å²) in [5, 5.41) is 15.2. The van der Waals surface area contributed by atoms with Crippen LogP contribution in [0.5, 0.6) is 11.6 Å². The number of hydrogen-bond acceptors (Lipinski definition) is 4. The number of carboxylic acids is 1. The van der Waals surface area contributed by atoms with Crippen molar-refractivity contribution in [3.63, 3.8) is 0 Å². The molecule has 0 bridgehead atoms. The maximum atomic E-state index is 13.7.